The average molecular weight is 283 g/mol. The highest BCUT2D eigenvalue weighted by molar-refractivity contribution is 7.99. The minimum Gasteiger partial charge on any atom is -0.364 e. The van der Waals surface area contributed by atoms with Crippen molar-refractivity contribution in [1.29, 1.82) is 0 Å². The van der Waals surface area contributed by atoms with Gasteiger partial charge in [0.25, 0.3) is 5.89 Å². The fourth-order valence-electron chi connectivity index (χ4n) is 2.68. The average Bonchev–Trinajstić information content (AvgIpc) is 3.06. The van der Waals surface area contributed by atoms with E-state index in [4.69, 9.17) is 9.26 Å². The monoisotopic (exact) mass is 283 g/mol. The van der Waals surface area contributed by atoms with Crippen molar-refractivity contribution in [3.8, 4) is 0 Å². The van der Waals surface area contributed by atoms with Crippen LogP contribution in [0.4, 0.5) is 0 Å². The molecule has 0 bridgehead atoms. The van der Waals surface area contributed by atoms with E-state index in [2.05, 4.69) is 15.5 Å². The van der Waals surface area contributed by atoms with E-state index in [1.165, 1.54) is 24.3 Å². The van der Waals surface area contributed by atoms with Gasteiger partial charge >= 0.3 is 0 Å². The number of nitrogens with zero attached hydrogens (tertiary/aromatic N) is 2. The molecule has 0 aromatic carbocycles. The highest BCUT2D eigenvalue weighted by Gasteiger charge is 2.30. The van der Waals surface area contributed by atoms with Crippen molar-refractivity contribution >= 4 is 11.8 Å². The summed E-state index contributed by atoms with van der Waals surface area (Å²) in [5, 5.41) is 7.45. The van der Waals surface area contributed by atoms with Gasteiger partial charge in [-0.3, -0.25) is 0 Å². The van der Waals surface area contributed by atoms with Gasteiger partial charge in [-0.25, -0.2) is 0 Å². The van der Waals surface area contributed by atoms with Crippen LogP contribution in [0.3, 0.4) is 0 Å². The van der Waals surface area contributed by atoms with Gasteiger partial charge in [-0.1, -0.05) is 5.16 Å². The molecule has 6 heteroatoms. The molecule has 106 valence electrons. The Kier molecular flexibility index (Phi) is 4.40. The Morgan fingerprint density at radius 2 is 2.32 bits per heavy atom. The van der Waals surface area contributed by atoms with E-state index in [1.807, 2.05) is 18.7 Å². The summed E-state index contributed by atoms with van der Waals surface area (Å²) in [6.07, 6.45) is 4.95. The standard InChI is InChI=1S/C13H21N3O2S/c1-9-15-13(18-16-9)12-5-4-11(17-12)7-14-10-3-2-6-19-8-10/h10-12,14H,2-8H2,1H3/t10?,11-,12+/m1/s1. The molecule has 0 aliphatic carbocycles. The molecular weight excluding hydrogens is 262 g/mol. The molecule has 3 atom stereocenters. The molecule has 2 saturated heterocycles. The van der Waals surface area contributed by atoms with Crippen LogP contribution in [0.2, 0.25) is 0 Å². The van der Waals surface area contributed by atoms with Gasteiger partial charge in [-0.2, -0.15) is 16.7 Å². The number of rotatable bonds is 4. The molecule has 0 amide bonds. The van der Waals surface area contributed by atoms with Gasteiger partial charge in [-0.15, -0.1) is 0 Å². The zero-order valence-corrected chi connectivity index (χ0v) is 12.1. The van der Waals surface area contributed by atoms with Gasteiger partial charge in [-0.05, 0) is 38.4 Å². The van der Waals surface area contributed by atoms with Crippen LogP contribution in [0.5, 0.6) is 0 Å². The van der Waals surface area contributed by atoms with E-state index >= 15 is 0 Å². The lowest BCUT2D eigenvalue weighted by molar-refractivity contribution is 0.0254. The van der Waals surface area contributed by atoms with Gasteiger partial charge in [0.2, 0.25) is 0 Å². The summed E-state index contributed by atoms with van der Waals surface area (Å²) in [5.41, 5.74) is 0. The second-order valence-corrected chi connectivity index (χ2v) is 6.48. The van der Waals surface area contributed by atoms with Crippen LogP contribution in [0.1, 0.15) is 43.5 Å². The van der Waals surface area contributed by atoms with Crippen molar-refractivity contribution in [1.82, 2.24) is 15.5 Å². The van der Waals surface area contributed by atoms with Crippen molar-refractivity contribution in [3.63, 3.8) is 0 Å². The third-order valence-corrected chi connectivity index (χ3v) is 4.94. The van der Waals surface area contributed by atoms with Gasteiger partial charge < -0.3 is 14.6 Å². The highest BCUT2D eigenvalue weighted by Crippen LogP contribution is 2.31. The number of hydrogen-bond acceptors (Lipinski definition) is 6. The van der Waals surface area contributed by atoms with Gasteiger partial charge in [0, 0.05) is 18.3 Å². The van der Waals surface area contributed by atoms with Crippen LogP contribution in [-0.4, -0.2) is 40.3 Å². The fraction of sp³-hybridized carbons (Fsp3) is 0.846. The van der Waals surface area contributed by atoms with Crippen LogP contribution in [-0.2, 0) is 4.74 Å². The number of nitrogens with one attached hydrogen (secondary N) is 1. The van der Waals surface area contributed by atoms with Crippen LogP contribution in [0, 0.1) is 6.92 Å². The van der Waals surface area contributed by atoms with E-state index in [0.29, 0.717) is 17.8 Å². The topological polar surface area (TPSA) is 60.2 Å². The summed E-state index contributed by atoms with van der Waals surface area (Å²) in [6.45, 7) is 2.77. The Balaban J connectivity index is 1.44. The van der Waals surface area contributed by atoms with Crippen LogP contribution < -0.4 is 5.32 Å². The van der Waals surface area contributed by atoms with Crippen molar-refractivity contribution in [3.05, 3.63) is 11.7 Å². The molecule has 1 aromatic rings. The van der Waals surface area contributed by atoms with Crippen molar-refractivity contribution in [2.45, 2.75) is 50.9 Å². The zero-order chi connectivity index (χ0) is 13.1. The van der Waals surface area contributed by atoms with E-state index < -0.39 is 0 Å². The normalized spacial score (nSPS) is 31.7. The lowest BCUT2D eigenvalue weighted by Crippen LogP contribution is -2.38. The number of hydrogen-bond donors (Lipinski definition) is 1. The Labute approximate surface area is 117 Å². The molecule has 1 N–H and O–H groups in total. The van der Waals surface area contributed by atoms with Gasteiger partial charge in [0.05, 0.1) is 6.10 Å². The first-order valence-corrected chi connectivity index (χ1v) is 8.23. The van der Waals surface area contributed by atoms with E-state index in [1.54, 1.807) is 0 Å². The number of aryl methyl sites for hydroxylation is 1. The number of ether oxygens (including phenoxy) is 1. The molecule has 0 saturated carbocycles. The molecule has 19 heavy (non-hydrogen) atoms. The summed E-state index contributed by atoms with van der Waals surface area (Å²) in [5.74, 6) is 3.86. The molecule has 0 radical (unpaired) electrons. The largest absolute Gasteiger partial charge is 0.364 e. The number of aromatic nitrogens is 2. The Morgan fingerprint density at radius 3 is 3.05 bits per heavy atom. The molecule has 5 nitrogen and oxygen atoms in total. The van der Waals surface area contributed by atoms with Crippen LogP contribution >= 0.6 is 11.8 Å². The molecule has 1 aromatic heterocycles. The summed E-state index contributed by atoms with van der Waals surface area (Å²) in [4.78, 5) is 4.25. The zero-order valence-electron chi connectivity index (χ0n) is 11.3. The predicted molar refractivity (Wildman–Crippen MR) is 74.2 cm³/mol. The van der Waals surface area contributed by atoms with E-state index in [0.717, 1.165) is 19.4 Å². The summed E-state index contributed by atoms with van der Waals surface area (Å²) in [7, 11) is 0. The van der Waals surface area contributed by atoms with Crippen molar-refractivity contribution in [2.24, 2.45) is 0 Å². The molecule has 2 fully saturated rings. The third-order valence-electron chi connectivity index (χ3n) is 3.72. The minimum atomic E-state index is -0.00580. The lowest BCUT2D eigenvalue weighted by Gasteiger charge is -2.24. The first-order valence-electron chi connectivity index (χ1n) is 7.08. The van der Waals surface area contributed by atoms with Crippen LogP contribution in [0.25, 0.3) is 0 Å². The smallest absolute Gasteiger partial charge is 0.255 e. The molecular formula is C13H21N3O2S. The summed E-state index contributed by atoms with van der Waals surface area (Å²) in [6, 6.07) is 0.659. The van der Waals surface area contributed by atoms with Crippen molar-refractivity contribution in [2.75, 3.05) is 18.1 Å². The maximum atomic E-state index is 5.99. The molecule has 2 aliphatic rings. The first-order chi connectivity index (χ1) is 9.31. The maximum absolute atomic E-state index is 5.99. The molecule has 3 rings (SSSR count). The van der Waals surface area contributed by atoms with E-state index in [9.17, 15) is 0 Å². The summed E-state index contributed by atoms with van der Waals surface area (Å²) < 4.78 is 11.2. The Hall–Kier alpha value is -0.590. The predicted octanol–water partition coefficient (Wildman–Crippen LogP) is 2.08. The van der Waals surface area contributed by atoms with Gasteiger partial charge in [0.1, 0.15) is 6.10 Å². The van der Waals surface area contributed by atoms with Crippen LogP contribution in [0.15, 0.2) is 4.52 Å². The second-order valence-electron chi connectivity index (χ2n) is 5.33. The van der Waals surface area contributed by atoms with Gasteiger partial charge in [0.15, 0.2) is 5.82 Å². The molecule has 1 unspecified atom stereocenters. The third kappa shape index (κ3) is 3.49. The van der Waals surface area contributed by atoms with Crippen molar-refractivity contribution < 1.29 is 9.26 Å². The first kappa shape index (κ1) is 13.4. The quantitative estimate of drug-likeness (QED) is 0.913. The number of thioether (sulfide) groups is 1. The SMILES string of the molecule is Cc1noc([C@@H]2CC[C@H](CNC3CCCSC3)O2)n1. The molecule has 3 heterocycles. The highest BCUT2D eigenvalue weighted by atomic mass is 32.2. The molecule has 2 aliphatic heterocycles. The van der Waals surface area contributed by atoms with E-state index in [-0.39, 0.29) is 12.2 Å². The maximum Gasteiger partial charge on any atom is 0.255 e. The fourth-order valence-corrected chi connectivity index (χ4v) is 3.79. The minimum absolute atomic E-state index is 0.00580. The summed E-state index contributed by atoms with van der Waals surface area (Å²) >= 11 is 2.05. The Bertz CT molecular complexity index is 406. The second kappa shape index (κ2) is 6.24. The molecule has 0 spiro atoms. The lowest BCUT2D eigenvalue weighted by atomic mass is 10.1. The Morgan fingerprint density at radius 1 is 1.37 bits per heavy atom.